The van der Waals surface area contributed by atoms with Crippen molar-refractivity contribution in [3.63, 3.8) is 0 Å². The first-order valence-corrected chi connectivity index (χ1v) is 8.54. The highest BCUT2D eigenvalue weighted by Gasteiger charge is 2.14. The Labute approximate surface area is 158 Å². The zero-order valence-corrected chi connectivity index (χ0v) is 15.3. The smallest absolute Gasteiger partial charge is 0.336 e. The van der Waals surface area contributed by atoms with Gasteiger partial charge in [-0.15, -0.1) is 0 Å². The third kappa shape index (κ3) is 4.09. The minimum atomic E-state index is -1.23. The molecule has 0 fully saturated rings. The summed E-state index contributed by atoms with van der Waals surface area (Å²) in [4.78, 5) is 15.7. The molecule has 3 aromatic rings. The number of hydrogen-bond acceptors (Lipinski definition) is 7. The van der Waals surface area contributed by atoms with Crippen LogP contribution in [0.2, 0.25) is 0 Å². The summed E-state index contributed by atoms with van der Waals surface area (Å²) in [5, 5.41) is 15.3. The van der Waals surface area contributed by atoms with Crippen LogP contribution in [0.5, 0.6) is 5.75 Å². The molecule has 0 unspecified atom stereocenters. The Morgan fingerprint density at radius 1 is 1.33 bits per heavy atom. The second-order valence-corrected chi connectivity index (χ2v) is 6.14. The fourth-order valence-electron chi connectivity index (χ4n) is 2.31. The number of benzene rings is 2. The maximum atomic E-state index is 13.3. The van der Waals surface area contributed by atoms with Crippen LogP contribution >= 0.6 is 11.5 Å². The van der Waals surface area contributed by atoms with Crippen molar-refractivity contribution in [2.75, 3.05) is 19.2 Å². The van der Waals surface area contributed by atoms with Crippen LogP contribution in [0.15, 0.2) is 47.6 Å². The Morgan fingerprint density at radius 3 is 2.85 bits per heavy atom. The van der Waals surface area contributed by atoms with E-state index in [1.54, 1.807) is 14.2 Å². The SMILES string of the molecule is COc1ccccc1-c1nsc(N(C)/N=C/c2ccc(F)cc2C(=O)O)n1. The fraction of sp³-hybridized carbons (Fsp3) is 0.111. The number of carboxylic acid groups (broad SMARTS) is 1. The lowest BCUT2D eigenvalue weighted by molar-refractivity contribution is 0.0696. The summed E-state index contributed by atoms with van der Waals surface area (Å²) < 4.78 is 22.9. The molecule has 9 heteroatoms. The van der Waals surface area contributed by atoms with Gasteiger partial charge in [0.1, 0.15) is 11.6 Å². The molecule has 1 N–H and O–H groups in total. The van der Waals surface area contributed by atoms with Gasteiger partial charge in [0.2, 0.25) is 5.13 Å². The quantitative estimate of drug-likeness (QED) is 0.515. The van der Waals surface area contributed by atoms with Crippen molar-refractivity contribution in [3.05, 3.63) is 59.4 Å². The fourth-order valence-corrected chi connectivity index (χ4v) is 2.91. The maximum absolute atomic E-state index is 13.3. The van der Waals surface area contributed by atoms with Crippen molar-refractivity contribution in [2.45, 2.75) is 0 Å². The molecule has 0 aliphatic carbocycles. The summed E-state index contributed by atoms with van der Waals surface area (Å²) in [5.74, 6) is -0.690. The number of ether oxygens (including phenoxy) is 1. The van der Waals surface area contributed by atoms with E-state index >= 15 is 0 Å². The van der Waals surface area contributed by atoms with Crippen molar-refractivity contribution in [1.29, 1.82) is 0 Å². The predicted octanol–water partition coefficient (Wildman–Crippen LogP) is 3.52. The molecule has 0 saturated heterocycles. The summed E-state index contributed by atoms with van der Waals surface area (Å²) in [5.41, 5.74) is 0.871. The third-order valence-corrected chi connectivity index (χ3v) is 4.44. The number of methoxy groups -OCH3 is 1. The highest BCUT2D eigenvalue weighted by Crippen LogP contribution is 2.30. The molecule has 0 bridgehead atoms. The second-order valence-electron chi connectivity index (χ2n) is 5.41. The molecule has 3 rings (SSSR count). The van der Waals surface area contributed by atoms with E-state index in [1.807, 2.05) is 24.3 Å². The molecule has 0 aliphatic heterocycles. The zero-order valence-electron chi connectivity index (χ0n) is 14.5. The van der Waals surface area contributed by atoms with Gasteiger partial charge in [0, 0.05) is 24.1 Å². The number of anilines is 1. The van der Waals surface area contributed by atoms with Crippen molar-refractivity contribution < 1.29 is 19.0 Å². The van der Waals surface area contributed by atoms with Crippen LogP contribution in [0.4, 0.5) is 9.52 Å². The van der Waals surface area contributed by atoms with Crippen LogP contribution in [0.3, 0.4) is 0 Å². The second kappa shape index (κ2) is 7.92. The summed E-state index contributed by atoms with van der Waals surface area (Å²) in [7, 11) is 3.23. The minimum absolute atomic E-state index is 0.167. The van der Waals surface area contributed by atoms with Crippen LogP contribution in [-0.2, 0) is 0 Å². The molecule has 2 aromatic carbocycles. The zero-order chi connectivity index (χ0) is 19.4. The molecule has 0 saturated carbocycles. The lowest BCUT2D eigenvalue weighted by atomic mass is 10.1. The molecular weight excluding hydrogens is 371 g/mol. The largest absolute Gasteiger partial charge is 0.496 e. The number of carboxylic acids is 1. The summed E-state index contributed by atoms with van der Waals surface area (Å²) in [6, 6.07) is 10.9. The van der Waals surface area contributed by atoms with E-state index in [1.165, 1.54) is 23.4 Å². The van der Waals surface area contributed by atoms with E-state index in [-0.39, 0.29) is 11.1 Å². The van der Waals surface area contributed by atoms with E-state index in [0.29, 0.717) is 16.7 Å². The highest BCUT2D eigenvalue weighted by atomic mass is 32.1. The summed E-state index contributed by atoms with van der Waals surface area (Å²) in [6.45, 7) is 0. The monoisotopic (exact) mass is 386 g/mol. The number of aromatic nitrogens is 2. The Bertz CT molecular complexity index is 1010. The molecule has 7 nitrogen and oxygen atoms in total. The molecule has 0 aliphatic rings. The van der Waals surface area contributed by atoms with Crippen molar-refractivity contribution in [2.24, 2.45) is 5.10 Å². The van der Waals surface area contributed by atoms with Crippen molar-refractivity contribution in [3.8, 4) is 17.1 Å². The van der Waals surface area contributed by atoms with Gasteiger partial charge in [0.25, 0.3) is 0 Å². The first kappa shape index (κ1) is 18.5. The lowest BCUT2D eigenvalue weighted by Gasteiger charge is -2.08. The maximum Gasteiger partial charge on any atom is 0.336 e. The number of carbonyl (C=O) groups is 1. The molecule has 138 valence electrons. The Balaban J connectivity index is 1.84. The highest BCUT2D eigenvalue weighted by molar-refractivity contribution is 7.09. The number of para-hydroxylation sites is 1. The topological polar surface area (TPSA) is 87.9 Å². The molecule has 0 atom stereocenters. The van der Waals surface area contributed by atoms with Gasteiger partial charge in [-0.2, -0.15) is 14.5 Å². The van der Waals surface area contributed by atoms with Gasteiger partial charge >= 0.3 is 5.97 Å². The first-order valence-electron chi connectivity index (χ1n) is 7.77. The van der Waals surface area contributed by atoms with Crippen LogP contribution in [0.1, 0.15) is 15.9 Å². The van der Waals surface area contributed by atoms with E-state index in [0.717, 1.165) is 23.2 Å². The van der Waals surface area contributed by atoms with Gasteiger partial charge in [0.05, 0.1) is 24.5 Å². The molecule has 1 heterocycles. The standard InChI is InChI=1S/C18H15FN4O3S/c1-23(20-10-11-7-8-12(19)9-14(11)17(24)25)18-21-16(22-27-18)13-5-3-4-6-15(13)26-2/h3-10H,1-2H3,(H,24,25)/b20-10+. The van der Waals surface area contributed by atoms with Crippen LogP contribution < -0.4 is 9.75 Å². The average molecular weight is 386 g/mol. The van der Waals surface area contributed by atoms with Gasteiger partial charge in [-0.1, -0.05) is 12.1 Å². The van der Waals surface area contributed by atoms with E-state index < -0.39 is 11.8 Å². The lowest BCUT2D eigenvalue weighted by Crippen LogP contribution is -2.10. The van der Waals surface area contributed by atoms with Crippen molar-refractivity contribution in [1.82, 2.24) is 9.36 Å². The van der Waals surface area contributed by atoms with Gasteiger partial charge in [-0.05, 0) is 30.3 Å². The van der Waals surface area contributed by atoms with Crippen LogP contribution in [-0.4, -0.2) is 40.8 Å². The number of aromatic carboxylic acids is 1. The number of rotatable bonds is 6. The van der Waals surface area contributed by atoms with Crippen molar-refractivity contribution >= 4 is 28.8 Å². The van der Waals surface area contributed by atoms with E-state index in [4.69, 9.17) is 4.74 Å². The molecule has 0 spiro atoms. The number of hydrogen-bond donors (Lipinski definition) is 1. The van der Waals surface area contributed by atoms with Gasteiger partial charge in [-0.25, -0.2) is 14.2 Å². The minimum Gasteiger partial charge on any atom is -0.496 e. The van der Waals surface area contributed by atoms with Crippen LogP contribution in [0.25, 0.3) is 11.4 Å². The molecular formula is C18H15FN4O3S. The average Bonchev–Trinajstić information content (AvgIpc) is 3.16. The number of halogens is 1. The summed E-state index contributed by atoms with van der Waals surface area (Å²) in [6.07, 6.45) is 1.34. The van der Waals surface area contributed by atoms with Gasteiger partial charge in [-0.3, -0.25) is 0 Å². The third-order valence-electron chi connectivity index (χ3n) is 3.66. The Hall–Kier alpha value is -3.33. The normalized spacial score (nSPS) is 10.9. The summed E-state index contributed by atoms with van der Waals surface area (Å²) >= 11 is 1.14. The van der Waals surface area contributed by atoms with Gasteiger partial charge in [0.15, 0.2) is 5.82 Å². The molecule has 0 amide bonds. The Kier molecular flexibility index (Phi) is 5.41. The van der Waals surface area contributed by atoms with E-state index in [2.05, 4.69) is 14.5 Å². The van der Waals surface area contributed by atoms with Crippen LogP contribution in [0, 0.1) is 5.82 Å². The van der Waals surface area contributed by atoms with E-state index in [9.17, 15) is 14.3 Å². The first-order chi connectivity index (χ1) is 13.0. The predicted molar refractivity (Wildman–Crippen MR) is 101 cm³/mol. The number of hydrazone groups is 1. The number of nitrogens with zero attached hydrogens (tertiary/aromatic N) is 4. The molecule has 0 radical (unpaired) electrons. The molecule has 1 aromatic heterocycles. The van der Waals surface area contributed by atoms with Gasteiger partial charge < -0.3 is 9.84 Å². The Morgan fingerprint density at radius 2 is 2.11 bits per heavy atom. The molecule has 27 heavy (non-hydrogen) atoms.